The minimum atomic E-state index is -0.354. The van der Waals surface area contributed by atoms with Crippen molar-refractivity contribution in [2.75, 3.05) is 36.7 Å². The van der Waals surface area contributed by atoms with Crippen LogP contribution in [0.15, 0.2) is 29.4 Å². The minimum Gasteiger partial charge on any atom is -0.462 e. The van der Waals surface area contributed by atoms with Crippen molar-refractivity contribution in [3.8, 4) is 11.4 Å². The molecule has 4 rings (SSSR count). The van der Waals surface area contributed by atoms with Crippen LogP contribution in [0.25, 0.3) is 11.4 Å². The Kier molecular flexibility index (Phi) is 8.12. The van der Waals surface area contributed by atoms with Crippen LogP contribution in [0.5, 0.6) is 0 Å². The molecular formula is C25H31N5O3S2. The maximum absolute atomic E-state index is 12.8. The van der Waals surface area contributed by atoms with Gasteiger partial charge in [0.25, 0.3) is 0 Å². The number of amides is 1. The lowest BCUT2D eigenvalue weighted by atomic mass is 10.1. The van der Waals surface area contributed by atoms with Gasteiger partial charge < -0.3 is 19.5 Å². The molecule has 0 unspecified atom stereocenters. The van der Waals surface area contributed by atoms with Crippen molar-refractivity contribution in [3.63, 3.8) is 0 Å². The summed E-state index contributed by atoms with van der Waals surface area (Å²) < 4.78 is 7.20. The Hall–Kier alpha value is -2.85. The number of esters is 1. The van der Waals surface area contributed by atoms with Gasteiger partial charge in [0, 0.05) is 37.3 Å². The molecule has 0 bridgehead atoms. The molecule has 2 heterocycles. The number of thiophene rings is 1. The number of rotatable bonds is 8. The Morgan fingerprint density at radius 2 is 1.89 bits per heavy atom. The van der Waals surface area contributed by atoms with E-state index in [1.54, 1.807) is 6.92 Å². The van der Waals surface area contributed by atoms with Crippen LogP contribution in [0.4, 0.5) is 10.7 Å². The summed E-state index contributed by atoms with van der Waals surface area (Å²) in [4.78, 5) is 28.8. The third kappa shape index (κ3) is 5.70. The third-order valence-electron chi connectivity index (χ3n) is 5.96. The van der Waals surface area contributed by atoms with Crippen LogP contribution in [-0.4, -0.2) is 53.1 Å². The lowest BCUT2D eigenvalue weighted by Crippen LogP contribution is -2.17. The largest absolute Gasteiger partial charge is 0.462 e. The molecule has 0 aliphatic heterocycles. The summed E-state index contributed by atoms with van der Waals surface area (Å²) in [6, 6.07) is 8.10. The van der Waals surface area contributed by atoms with Crippen molar-refractivity contribution < 1.29 is 14.3 Å². The molecule has 10 heteroatoms. The maximum atomic E-state index is 12.8. The highest BCUT2D eigenvalue weighted by Crippen LogP contribution is 2.38. The van der Waals surface area contributed by atoms with E-state index in [0.29, 0.717) is 22.3 Å². The van der Waals surface area contributed by atoms with Crippen molar-refractivity contribution in [1.29, 1.82) is 0 Å². The fourth-order valence-electron chi connectivity index (χ4n) is 4.14. The summed E-state index contributed by atoms with van der Waals surface area (Å²) in [5.41, 5.74) is 3.65. The topological polar surface area (TPSA) is 89.3 Å². The van der Waals surface area contributed by atoms with Gasteiger partial charge >= 0.3 is 5.97 Å². The summed E-state index contributed by atoms with van der Waals surface area (Å²) in [5.74, 6) is 0.367. The number of carbonyl (C=O) groups excluding carboxylic acids is 2. The van der Waals surface area contributed by atoms with E-state index in [9.17, 15) is 9.59 Å². The predicted molar refractivity (Wildman–Crippen MR) is 142 cm³/mol. The zero-order valence-electron chi connectivity index (χ0n) is 20.6. The van der Waals surface area contributed by atoms with Crippen molar-refractivity contribution >= 4 is 45.7 Å². The van der Waals surface area contributed by atoms with E-state index in [1.165, 1.54) is 28.0 Å². The summed E-state index contributed by atoms with van der Waals surface area (Å²) in [5, 5.41) is 12.8. The number of fused-ring (bicyclic) bond motifs is 1. The van der Waals surface area contributed by atoms with Gasteiger partial charge in [-0.3, -0.25) is 4.79 Å². The average molecular weight is 514 g/mol. The second kappa shape index (κ2) is 11.3. The van der Waals surface area contributed by atoms with Crippen LogP contribution in [0.1, 0.15) is 47.0 Å². The number of nitrogens with one attached hydrogen (secondary N) is 1. The lowest BCUT2D eigenvalue weighted by molar-refractivity contribution is -0.113. The minimum absolute atomic E-state index is 0.163. The van der Waals surface area contributed by atoms with E-state index in [1.807, 2.05) is 54.9 Å². The van der Waals surface area contributed by atoms with Crippen LogP contribution in [0.2, 0.25) is 0 Å². The molecule has 2 aromatic heterocycles. The van der Waals surface area contributed by atoms with Gasteiger partial charge in [-0.15, -0.1) is 21.5 Å². The predicted octanol–water partition coefficient (Wildman–Crippen LogP) is 4.79. The normalized spacial score (nSPS) is 13.1. The molecule has 1 amide bonds. The highest BCUT2D eigenvalue weighted by Gasteiger charge is 2.26. The van der Waals surface area contributed by atoms with E-state index in [4.69, 9.17) is 4.74 Å². The van der Waals surface area contributed by atoms with Gasteiger partial charge in [0.15, 0.2) is 11.0 Å². The standard InChI is InChI=1S/C25H31N5O3S2/c1-5-33-24(32)21-18-9-7-6-8-10-19(18)35-23(21)26-20(31)15-34-25-28-27-22(30(25)4)16-11-13-17(14-12-16)29(2)3/h11-14H,5-10,15H2,1-4H3,(H,26,31). The number of hydrogen-bond acceptors (Lipinski definition) is 8. The highest BCUT2D eigenvalue weighted by atomic mass is 32.2. The molecule has 0 saturated carbocycles. The SMILES string of the molecule is CCOC(=O)c1c(NC(=O)CSc2nnc(-c3ccc(N(C)C)cc3)n2C)sc2c1CCCCC2. The molecule has 35 heavy (non-hydrogen) atoms. The average Bonchev–Trinajstić information content (AvgIpc) is 3.28. The van der Waals surface area contributed by atoms with E-state index >= 15 is 0 Å². The number of ether oxygens (including phenoxy) is 1. The Labute approximate surface area is 214 Å². The summed E-state index contributed by atoms with van der Waals surface area (Å²) >= 11 is 2.83. The van der Waals surface area contributed by atoms with E-state index in [2.05, 4.69) is 15.5 Å². The molecule has 0 spiro atoms. The molecular weight excluding hydrogens is 482 g/mol. The first-order valence-corrected chi connectivity index (χ1v) is 13.6. The molecule has 0 radical (unpaired) electrons. The van der Waals surface area contributed by atoms with E-state index in [-0.39, 0.29) is 17.6 Å². The first-order chi connectivity index (χ1) is 16.9. The summed E-state index contributed by atoms with van der Waals surface area (Å²) in [6.45, 7) is 2.10. The maximum Gasteiger partial charge on any atom is 0.341 e. The Morgan fingerprint density at radius 1 is 1.14 bits per heavy atom. The zero-order chi connectivity index (χ0) is 24.9. The number of hydrogen-bond donors (Lipinski definition) is 1. The van der Waals surface area contributed by atoms with Crippen LogP contribution in [0.3, 0.4) is 0 Å². The van der Waals surface area contributed by atoms with E-state index < -0.39 is 0 Å². The fourth-order valence-corrected chi connectivity index (χ4v) is 6.15. The molecule has 186 valence electrons. The molecule has 1 aromatic carbocycles. The lowest BCUT2D eigenvalue weighted by Gasteiger charge is -2.12. The third-order valence-corrected chi connectivity index (χ3v) is 8.19. The Bertz CT molecular complexity index is 1200. The second-order valence-corrected chi connectivity index (χ2v) is 10.7. The van der Waals surface area contributed by atoms with Crippen molar-refractivity contribution in [2.45, 2.75) is 44.2 Å². The summed E-state index contributed by atoms with van der Waals surface area (Å²) in [6.07, 6.45) is 5.09. The molecule has 8 nitrogen and oxygen atoms in total. The highest BCUT2D eigenvalue weighted by molar-refractivity contribution is 7.99. The number of aromatic nitrogens is 3. The number of benzene rings is 1. The van der Waals surface area contributed by atoms with Crippen molar-refractivity contribution in [3.05, 3.63) is 40.3 Å². The van der Waals surface area contributed by atoms with Crippen LogP contribution in [0, 0.1) is 0 Å². The first kappa shape index (κ1) is 25.2. The van der Waals surface area contributed by atoms with Gasteiger partial charge in [-0.1, -0.05) is 18.2 Å². The van der Waals surface area contributed by atoms with Gasteiger partial charge in [-0.05, 0) is 62.4 Å². The van der Waals surface area contributed by atoms with Gasteiger partial charge in [0.1, 0.15) is 5.00 Å². The molecule has 1 aliphatic carbocycles. The van der Waals surface area contributed by atoms with Crippen molar-refractivity contribution in [2.24, 2.45) is 7.05 Å². The van der Waals surface area contributed by atoms with Gasteiger partial charge in [0.2, 0.25) is 5.91 Å². The number of anilines is 2. The molecule has 1 N–H and O–H groups in total. The van der Waals surface area contributed by atoms with Crippen LogP contribution >= 0.6 is 23.1 Å². The van der Waals surface area contributed by atoms with Gasteiger partial charge in [0.05, 0.1) is 17.9 Å². The quantitative estimate of drug-likeness (QED) is 0.263. The molecule has 0 fully saturated rings. The number of aryl methyl sites for hydroxylation is 1. The monoisotopic (exact) mass is 513 g/mol. The van der Waals surface area contributed by atoms with Gasteiger partial charge in [-0.25, -0.2) is 4.79 Å². The van der Waals surface area contributed by atoms with Crippen molar-refractivity contribution in [1.82, 2.24) is 14.8 Å². The smallest absolute Gasteiger partial charge is 0.341 e. The molecule has 3 aromatic rings. The molecule has 0 atom stereocenters. The Morgan fingerprint density at radius 3 is 2.60 bits per heavy atom. The van der Waals surface area contributed by atoms with Crippen LogP contribution < -0.4 is 10.2 Å². The first-order valence-electron chi connectivity index (χ1n) is 11.8. The number of nitrogens with zero attached hydrogens (tertiary/aromatic N) is 4. The zero-order valence-corrected chi connectivity index (χ0v) is 22.2. The number of thioether (sulfide) groups is 1. The molecule has 0 saturated heterocycles. The summed E-state index contributed by atoms with van der Waals surface area (Å²) in [7, 11) is 5.89. The fraction of sp³-hybridized carbons (Fsp3) is 0.440. The number of carbonyl (C=O) groups is 2. The molecule has 1 aliphatic rings. The van der Waals surface area contributed by atoms with Crippen LogP contribution in [-0.2, 0) is 29.4 Å². The Balaban J connectivity index is 1.45. The van der Waals surface area contributed by atoms with E-state index in [0.717, 1.165) is 54.7 Å². The second-order valence-electron chi connectivity index (χ2n) is 8.63. The van der Waals surface area contributed by atoms with Gasteiger partial charge in [-0.2, -0.15) is 0 Å².